The second kappa shape index (κ2) is 3.96. The van der Waals surface area contributed by atoms with Gasteiger partial charge in [0.2, 0.25) is 0 Å². The van der Waals surface area contributed by atoms with E-state index < -0.39 is 6.61 Å². The molecule has 0 amide bonds. The van der Waals surface area contributed by atoms with Crippen LogP contribution in [0.4, 0.5) is 0 Å². The van der Waals surface area contributed by atoms with Crippen molar-refractivity contribution in [2.45, 2.75) is 33.7 Å². The number of aryl methyl sites for hydroxylation is 1. The molecule has 1 aromatic rings. The van der Waals surface area contributed by atoms with Crippen molar-refractivity contribution in [2.75, 3.05) is 6.61 Å². The van der Waals surface area contributed by atoms with Crippen LogP contribution >= 0.6 is 0 Å². The molecule has 0 spiro atoms. The molecule has 0 unspecified atom stereocenters. The zero-order chi connectivity index (χ0) is 10.9. The van der Waals surface area contributed by atoms with Crippen molar-refractivity contribution < 1.29 is 9.90 Å². The summed E-state index contributed by atoms with van der Waals surface area (Å²) in [5, 5.41) is 8.79. The highest BCUT2D eigenvalue weighted by molar-refractivity contribution is 5.98. The van der Waals surface area contributed by atoms with Gasteiger partial charge in [0, 0.05) is 23.0 Å². The quantitative estimate of drug-likeness (QED) is 0.748. The first kappa shape index (κ1) is 11.0. The van der Waals surface area contributed by atoms with Gasteiger partial charge in [-0.15, -0.1) is 0 Å². The maximum atomic E-state index is 11.4. The van der Waals surface area contributed by atoms with E-state index in [9.17, 15) is 4.79 Å². The third-order valence-corrected chi connectivity index (χ3v) is 2.44. The summed E-state index contributed by atoms with van der Waals surface area (Å²) in [4.78, 5) is 11.4. The van der Waals surface area contributed by atoms with Gasteiger partial charge in [-0.3, -0.25) is 4.79 Å². The largest absolute Gasteiger partial charge is 0.388 e. The fourth-order valence-electron chi connectivity index (χ4n) is 1.94. The Morgan fingerprint density at radius 3 is 2.43 bits per heavy atom. The Kier molecular flexibility index (Phi) is 3.11. The summed E-state index contributed by atoms with van der Waals surface area (Å²) in [5.74, 6) is -0.204. The topological polar surface area (TPSA) is 42.2 Å². The number of aliphatic hydroxyl groups is 1. The van der Waals surface area contributed by atoms with Crippen LogP contribution in [0.5, 0.6) is 0 Å². The van der Waals surface area contributed by atoms with Gasteiger partial charge in [-0.2, -0.15) is 0 Å². The van der Waals surface area contributed by atoms with Crippen LogP contribution in [0.25, 0.3) is 0 Å². The van der Waals surface area contributed by atoms with Gasteiger partial charge in [-0.25, -0.2) is 0 Å². The SMILES string of the molecule is Cc1cc(C(=O)CO)c(C)n1C(C)C. The minimum Gasteiger partial charge on any atom is -0.388 e. The summed E-state index contributed by atoms with van der Waals surface area (Å²) in [6, 6.07) is 2.18. The van der Waals surface area contributed by atoms with E-state index in [2.05, 4.69) is 18.4 Å². The second-order valence-electron chi connectivity index (χ2n) is 3.83. The van der Waals surface area contributed by atoms with Crippen molar-refractivity contribution in [3.63, 3.8) is 0 Å². The van der Waals surface area contributed by atoms with Crippen LogP contribution in [0.1, 0.15) is 41.6 Å². The maximum absolute atomic E-state index is 11.4. The summed E-state index contributed by atoms with van der Waals surface area (Å²) >= 11 is 0. The molecule has 0 radical (unpaired) electrons. The number of rotatable bonds is 3. The minimum atomic E-state index is -0.414. The number of carbonyl (C=O) groups is 1. The number of hydrogen-bond acceptors (Lipinski definition) is 2. The van der Waals surface area contributed by atoms with Crippen molar-refractivity contribution in [3.8, 4) is 0 Å². The van der Waals surface area contributed by atoms with Crippen molar-refractivity contribution in [1.82, 2.24) is 4.57 Å². The third kappa shape index (κ3) is 1.73. The van der Waals surface area contributed by atoms with Gasteiger partial charge >= 0.3 is 0 Å². The summed E-state index contributed by atoms with van der Waals surface area (Å²) < 4.78 is 2.10. The van der Waals surface area contributed by atoms with Crippen molar-refractivity contribution in [3.05, 3.63) is 23.0 Å². The van der Waals surface area contributed by atoms with Crippen molar-refractivity contribution >= 4 is 5.78 Å². The van der Waals surface area contributed by atoms with Gasteiger partial charge in [0.05, 0.1) is 0 Å². The van der Waals surface area contributed by atoms with Crippen molar-refractivity contribution in [1.29, 1.82) is 0 Å². The van der Waals surface area contributed by atoms with Gasteiger partial charge in [0.15, 0.2) is 5.78 Å². The number of Topliss-reactive ketones (excluding diaryl/α,β-unsaturated/α-hetero) is 1. The van der Waals surface area contributed by atoms with Crippen LogP contribution in [-0.2, 0) is 0 Å². The molecule has 78 valence electrons. The summed E-state index contributed by atoms with van der Waals surface area (Å²) in [7, 11) is 0. The van der Waals surface area contributed by atoms with E-state index >= 15 is 0 Å². The molecular weight excluding hydrogens is 178 g/mol. The molecule has 1 aromatic heterocycles. The van der Waals surface area contributed by atoms with E-state index in [-0.39, 0.29) is 5.78 Å². The molecule has 0 fully saturated rings. The fourth-order valence-corrected chi connectivity index (χ4v) is 1.94. The standard InChI is InChI=1S/C11H17NO2/c1-7(2)12-8(3)5-10(9(12)4)11(14)6-13/h5,7,13H,6H2,1-4H3. The van der Waals surface area contributed by atoms with E-state index in [1.54, 1.807) is 0 Å². The molecule has 0 aliphatic carbocycles. The molecular formula is C11H17NO2. The van der Waals surface area contributed by atoms with Gasteiger partial charge in [0.1, 0.15) is 6.61 Å². The predicted molar refractivity (Wildman–Crippen MR) is 55.7 cm³/mol. The minimum absolute atomic E-state index is 0.204. The Labute approximate surface area is 84.4 Å². The molecule has 0 bridgehead atoms. The normalized spacial score (nSPS) is 11.0. The van der Waals surface area contributed by atoms with Crippen LogP contribution in [0, 0.1) is 13.8 Å². The average molecular weight is 195 g/mol. The van der Waals surface area contributed by atoms with Crippen LogP contribution < -0.4 is 0 Å². The Hall–Kier alpha value is -1.09. The zero-order valence-electron chi connectivity index (χ0n) is 9.16. The van der Waals surface area contributed by atoms with E-state index in [0.29, 0.717) is 11.6 Å². The summed E-state index contributed by atoms with van der Waals surface area (Å²) in [5.41, 5.74) is 2.64. The van der Waals surface area contributed by atoms with E-state index in [1.165, 1.54) is 0 Å². The number of aliphatic hydroxyl groups excluding tert-OH is 1. The molecule has 0 atom stereocenters. The Bertz CT molecular complexity index is 350. The molecule has 1 rings (SSSR count). The van der Waals surface area contributed by atoms with E-state index in [4.69, 9.17) is 5.11 Å². The maximum Gasteiger partial charge on any atom is 0.189 e. The lowest BCUT2D eigenvalue weighted by molar-refractivity contribution is 0.0903. The highest BCUT2D eigenvalue weighted by Gasteiger charge is 2.15. The number of hydrogen-bond donors (Lipinski definition) is 1. The Balaban J connectivity index is 3.23. The van der Waals surface area contributed by atoms with Gasteiger partial charge in [0.25, 0.3) is 0 Å². The van der Waals surface area contributed by atoms with Crippen molar-refractivity contribution in [2.24, 2.45) is 0 Å². The fraction of sp³-hybridized carbons (Fsp3) is 0.545. The molecule has 0 aliphatic heterocycles. The summed E-state index contributed by atoms with van der Waals surface area (Å²) in [6.07, 6.45) is 0. The second-order valence-corrected chi connectivity index (χ2v) is 3.83. The molecule has 0 saturated carbocycles. The molecule has 1 heterocycles. The molecule has 0 aliphatic rings. The molecule has 3 heteroatoms. The lowest BCUT2D eigenvalue weighted by Crippen LogP contribution is -2.08. The highest BCUT2D eigenvalue weighted by atomic mass is 16.3. The lowest BCUT2D eigenvalue weighted by atomic mass is 10.1. The summed E-state index contributed by atoms with van der Waals surface area (Å²) in [6.45, 7) is 7.62. The first-order chi connectivity index (χ1) is 6.49. The molecule has 0 saturated heterocycles. The average Bonchev–Trinajstić information content (AvgIpc) is 2.40. The number of aromatic nitrogens is 1. The molecule has 3 nitrogen and oxygen atoms in total. The highest BCUT2D eigenvalue weighted by Crippen LogP contribution is 2.20. The van der Waals surface area contributed by atoms with E-state index in [1.807, 2.05) is 19.9 Å². The number of carbonyl (C=O) groups excluding carboxylic acids is 1. The van der Waals surface area contributed by atoms with E-state index in [0.717, 1.165) is 11.4 Å². The smallest absolute Gasteiger partial charge is 0.189 e. The monoisotopic (exact) mass is 195 g/mol. The first-order valence-corrected chi connectivity index (χ1v) is 4.81. The Morgan fingerprint density at radius 2 is 2.07 bits per heavy atom. The Morgan fingerprint density at radius 1 is 1.50 bits per heavy atom. The third-order valence-electron chi connectivity index (χ3n) is 2.44. The van der Waals surface area contributed by atoms with Crippen LogP contribution in [-0.4, -0.2) is 22.1 Å². The zero-order valence-corrected chi connectivity index (χ0v) is 9.16. The molecule has 14 heavy (non-hydrogen) atoms. The number of ketones is 1. The number of nitrogens with zero attached hydrogens (tertiary/aromatic N) is 1. The van der Waals surface area contributed by atoms with Gasteiger partial charge in [-0.05, 0) is 33.8 Å². The first-order valence-electron chi connectivity index (χ1n) is 4.81. The van der Waals surface area contributed by atoms with Crippen LogP contribution in [0.15, 0.2) is 6.07 Å². The van der Waals surface area contributed by atoms with Gasteiger partial charge in [-0.1, -0.05) is 0 Å². The van der Waals surface area contributed by atoms with Crippen LogP contribution in [0.2, 0.25) is 0 Å². The van der Waals surface area contributed by atoms with Gasteiger partial charge < -0.3 is 9.67 Å². The molecule has 0 aromatic carbocycles. The lowest BCUT2D eigenvalue weighted by Gasteiger charge is -2.13. The predicted octanol–water partition coefficient (Wildman–Crippen LogP) is 1.86. The molecule has 1 N–H and O–H groups in total. The van der Waals surface area contributed by atoms with Crippen LogP contribution in [0.3, 0.4) is 0 Å².